The summed E-state index contributed by atoms with van der Waals surface area (Å²) in [4.78, 5) is 10.3. The standard InChI is InChI=1S/C7H6F7NO/c1-3(16)2-4(15)5(8,9)6(10,11)7(12,13)14/h15H,2H2,1H3. The van der Waals surface area contributed by atoms with E-state index in [0.717, 1.165) is 0 Å². The Morgan fingerprint density at radius 2 is 1.44 bits per heavy atom. The zero-order valence-electron chi connectivity index (χ0n) is 7.76. The summed E-state index contributed by atoms with van der Waals surface area (Å²) < 4.78 is 84.6. The van der Waals surface area contributed by atoms with E-state index in [4.69, 9.17) is 5.41 Å². The van der Waals surface area contributed by atoms with Crippen LogP contribution in [0.3, 0.4) is 0 Å². The Balaban J connectivity index is 5.19. The van der Waals surface area contributed by atoms with E-state index in [1.54, 1.807) is 0 Å². The molecule has 0 aromatic heterocycles. The smallest absolute Gasteiger partial charge is 0.303 e. The zero-order valence-corrected chi connectivity index (χ0v) is 7.76. The van der Waals surface area contributed by atoms with E-state index in [0.29, 0.717) is 6.92 Å². The third kappa shape index (κ3) is 2.50. The van der Waals surface area contributed by atoms with Crippen molar-refractivity contribution in [2.75, 3.05) is 0 Å². The first-order chi connectivity index (χ1) is 6.84. The van der Waals surface area contributed by atoms with Gasteiger partial charge >= 0.3 is 18.0 Å². The zero-order chi connectivity index (χ0) is 13.4. The van der Waals surface area contributed by atoms with Crippen molar-refractivity contribution in [1.82, 2.24) is 0 Å². The van der Waals surface area contributed by atoms with Crippen molar-refractivity contribution in [2.45, 2.75) is 31.4 Å². The minimum atomic E-state index is -6.49. The molecule has 0 saturated carbocycles. The Morgan fingerprint density at radius 1 is 1.06 bits per heavy atom. The molecule has 0 fully saturated rings. The molecule has 0 spiro atoms. The molecule has 0 aliphatic rings. The highest BCUT2D eigenvalue weighted by Crippen LogP contribution is 2.47. The maximum Gasteiger partial charge on any atom is 0.460 e. The van der Waals surface area contributed by atoms with Crippen LogP contribution in [0.15, 0.2) is 0 Å². The van der Waals surface area contributed by atoms with Gasteiger partial charge < -0.3 is 5.41 Å². The fraction of sp³-hybridized carbons (Fsp3) is 0.714. The lowest BCUT2D eigenvalue weighted by atomic mass is 10.0. The highest BCUT2D eigenvalue weighted by Gasteiger charge is 2.74. The number of Topliss-reactive ketones (excluding diaryl/α,β-unsaturated/α-hetero) is 1. The molecule has 0 aliphatic heterocycles. The van der Waals surface area contributed by atoms with Crippen LogP contribution in [0.1, 0.15) is 13.3 Å². The van der Waals surface area contributed by atoms with Crippen LogP contribution in [-0.4, -0.2) is 29.5 Å². The van der Waals surface area contributed by atoms with Crippen LogP contribution in [0.5, 0.6) is 0 Å². The van der Waals surface area contributed by atoms with Crippen LogP contribution < -0.4 is 0 Å². The third-order valence-corrected chi connectivity index (χ3v) is 1.56. The predicted molar refractivity (Wildman–Crippen MR) is 39.0 cm³/mol. The summed E-state index contributed by atoms with van der Waals surface area (Å²) in [6.45, 7) is 0.691. The maximum absolute atomic E-state index is 12.6. The van der Waals surface area contributed by atoms with Gasteiger partial charge in [-0.05, 0) is 6.92 Å². The average molecular weight is 253 g/mol. The lowest BCUT2D eigenvalue weighted by Crippen LogP contribution is -2.56. The molecule has 0 atom stereocenters. The molecule has 0 amide bonds. The lowest BCUT2D eigenvalue weighted by Gasteiger charge is -2.28. The van der Waals surface area contributed by atoms with Crippen LogP contribution >= 0.6 is 0 Å². The van der Waals surface area contributed by atoms with E-state index in [9.17, 15) is 35.5 Å². The molecule has 0 aromatic rings. The summed E-state index contributed by atoms with van der Waals surface area (Å²) >= 11 is 0. The summed E-state index contributed by atoms with van der Waals surface area (Å²) in [6, 6.07) is 0. The molecule has 1 N–H and O–H groups in total. The number of ketones is 1. The molecule has 0 rings (SSSR count). The van der Waals surface area contributed by atoms with Gasteiger partial charge in [0, 0.05) is 0 Å². The number of hydrogen-bond acceptors (Lipinski definition) is 2. The lowest BCUT2D eigenvalue weighted by molar-refractivity contribution is -0.336. The van der Waals surface area contributed by atoms with Crippen molar-refractivity contribution in [2.24, 2.45) is 0 Å². The van der Waals surface area contributed by atoms with Crippen LogP contribution in [0.2, 0.25) is 0 Å². The summed E-state index contributed by atoms with van der Waals surface area (Å²) in [6.07, 6.45) is -7.95. The topological polar surface area (TPSA) is 40.9 Å². The second kappa shape index (κ2) is 4.02. The van der Waals surface area contributed by atoms with Crippen molar-refractivity contribution in [1.29, 1.82) is 5.41 Å². The molecule has 16 heavy (non-hydrogen) atoms. The van der Waals surface area contributed by atoms with Crippen LogP contribution in [-0.2, 0) is 4.79 Å². The second-order valence-electron chi connectivity index (χ2n) is 3.00. The van der Waals surface area contributed by atoms with Gasteiger partial charge in [0.15, 0.2) is 0 Å². The Hall–Kier alpha value is -1.15. The van der Waals surface area contributed by atoms with Crippen molar-refractivity contribution in [3.63, 3.8) is 0 Å². The van der Waals surface area contributed by atoms with Crippen LogP contribution in [0, 0.1) is 5.41 Å². The minimum absolute atomic E-state index is 0.691. The fourth-order valence-electron chi connectivity index (χ4n) is 0.727. The molecule has 9 heteroatoms. The van der Waals surface area contributed by atoms with Gasteiger partial charge in [-0.2, -0.15) is 30.7 Å². The van der Waals surface area contributed by atoms with E-state index in [1.165, 1.54) is 0 Å². The molecule has 0 radical (unpaired) electrons. The van der Waals surface area contributed by atoms with Crippen molar-refractivity contribution in [3.05, 3.63) is 0 Å². The quantitative estimate of drug-likeness (QED) is 0.607. The number of halogens is 7. The molecule has 94 valence electrons. The molecule has 0 aromatic carbocycles. The van der Waals surface area contributed by atoms with Gasteiger partial charge in [-0.15, -0.1) is 0 Å². The first-order valence-corrected chi connectivity index (χ1v) is 3.73. The molecule has 0 aliphatic carbocycles. The van der Waals surface area contributed by atoms with Crippen LogP contribution in [0.4, 0.5) is 30.7 Å². The SMILES string of the molecule is CC(=O)CC(=N)C(F)(F)C(F)(F)C(F)(F)F. The number of hydrogen-bond donors (Lipinski definition) is 1. The first kappa shape index (κ1) is 14.8. The van der Waals surface area contributed by atoms with Gasteiger partial charge in [0.25, 0.3) is 0 Å². The van der Waals surface area contributed by atoms with Gasteiger partial charge in [-0.1, -0.05) is 0 Å². The number of rotatable bonds is 4. The first-order valence-electron chi connectivity index (χ1n) is 3.73. The summed E-state index contributed by atoms with van der Waals surface area (Å²) in [7, 11) is 0. The molecule has 0 heterocycles. The number of carbonyl (C=O) groups excluding carboxylic acids is 1. The van der Waals surface area contributed by atoms with Crippen molar-refractivity contribution < 1.29 is 35.5 Å². The third-order valence-electron chi connectivity index (χ3n) is 1.56. The maximum atomic E-state index is 12.6. The average Bonchev–Trinajstić information content (AvgIpc) is 2.00. The predicted octanol–water partition coefficient (Wildman–Crippen LogP) is 2.82. The van der Waals surface area contributed by atoms with E-state index >= 15 is 0 Å². The van der Waals surface area contributed by atoms with E-state index in [1.807, 2.05) is 0 Å². The van der Waals surface area contributed by atoms with Crippen molar-refractivity contribution in [3.8, 4) is 0 Å². The summed E-state index contributed by atoms with van der Waals surface area (Å²) in [5.41, 5.74) is -2.26. The highest BCUT2D eigenvalue weighted by molar-refractivity contribution is 6.03. The molecular weight excluding hydrogens is 247 g/mol. The molecule has 0 bridgehead atoms. The Morgan fingerprint density at radius 3 is 1.69 bits per heavy atom. The van der Waals surface area contributed by atoms with Gasteiger partial charge in [0.1, 0.15) is 5.78 Å². The Kier molecular flexibility index (Phi) is 3.73. The van der Waals surface area contributed by atoms with Crippen LogP contribution in [0.25, 0.3) is 0 Å². The van der Waals surface area contributed by atoms with E-state index in [2.05, 4.69) is 0 Å². The monoisotopic (exact) mass is 253 g/mol. The van der Waals surface area contributed by atoms with Gasteiger partial charge in [0.2, 0.25) is 0 Å². The minimum Gasteiger partial charge on any atom is -0.303 e. The van der Waals surface area contributed by atoms with Gasteiger partial charge in [-0.25, -0.2) is 0 Å². The largest absolute Gasteiger partial charge is 0.460 e. The van der Waals surface area contributed by atoms with E-state index in [-0.39, 0.29) is 0 Å². The summed E-state index contributed by atoms with van der Waals surface area (Å²) in [5, 5.41) is 6.41. The fourth-order valence-corrected chi connectivity index (χ4v) is 0.727. The highest BCUT2D eigenvalue weighted by atomic mass is 19.4. The van der Waals surface area contributed by atoms with Gasteiger partial charge in [-0.3, -0.25) is 4.79 Å². The molecular formula is C7H6F7NO. The molecule has 0 unspecified atom stereocenters. The normalized spacial score (nSPS) is 13.8. The van der Waals surface area contributed by atoms with E-state index < -0.39 is 35.9 Å². The summed E-state index contributed by atoms with van der Waals surface area (Å²) in [5.74, 6) is -13.2. The number of carbonyl (C=O) groups is 1. The Labute approximate surface area is 84.9 Å². The van der Waals surface area contributed by atoms with Gasteiger partial charge in [0.05, 0.1) is 12.1 Å². The Bertz CT molecular complexity index is 306. The second-order valence-corrected chi connectivity index (χ2v) is 3.00. The number of nitrogens with one attached hydrogen (secondary N) is 1. The molecule has 0 saturated heterocycles. The number of alkyl halides is 7. The van der Waals surface area contributed by atoms with Crippen molar-refractivity contribution >= 4 is 11.5 Å². The molecule has 2 nitrogen and oxygen atoms in total.